The molecule has 1 aliphatic rings. The Kier molecular flexibility index (Phi) is 28.4. The number of carbonyl (C=O) groups excluding carboxylic acids is 2. The third kappa shape index (κ3) is 20.7. The molecule has 0 saturated carbocycles. The fraction of sp³-hybridized carbons (Fsp3) is 0.122. The van der Waals surface area contributed by atoms with Crippen LogP contribution in [0.4, 0.5) is 29.2 Å². The van der Waals surface area contributed by atoms with Crippen molar-refractivity contribution in [3.63, 3.8) is 0 Å². The molecule has 4 aromatic heterocycles. The molecule has 109 heavy (non-hydrogen) atoms. The van der Waals surface area contributed by atoms with E-state index >= 15 is 0 Å². The van der Waals surface area contributed by atoms with Crippen molar-refractivity contribution in [2.45, 2.75) is 52.7 Å². The third-order valence-corrected chi connectivity index (χ3v) is 22.6. The van der Waals surface area contributed by atoms with Gasteiger partial charge in [0, 0.05) is 19.7 Å². The maximum absolute atomic E-state index is 13.7. The average Bonchev–Trinajstić information content (AvgIpc) is 1.61. The number of nitrogens with zero attached hydrogens (tertiary/aromatic N) is 6. The van der Waals surface area contributed by atoms with Crippen molar-refractivity contribution >= 4 is 141 Å². The van der Waals surface area contributed by atoms with Crippen molar-refractivity contribution in [3.05, 3.63) is 339 Å². The molecule has 0 aliphatic carbocycles. The van der Waals surface area contributed by atoms with Crippen LogP contribution in [0.5, 0.6) is 0 Å². The molecule has 16 nitrogen and oxygen atoms in total. The molecule has 0 unspecified atom stereocenters. The number of carbonyl (C=O) groups is 2. The number of nitrogens with one attached hydrogen (secondary N) is 2. The summed E-state index contributed by atoms with van der Waals surface area (Å²) in [6.45, 7) is 11.9. The van der Waals surface area contributed by atoms with E-state index in [9.17, 15) is 36.7 Å². The van der Waals surface area contributed by atoms with Crippen molar-refractivity contribution in [1.29, 1.82) is 0 Å². The fourth-order valence-electron chi connectivity index (χ4n) is 11.1. The Morgan fingerprint density at radius 2 is 0.780 bits per heavy atom. The van der Waals surface area contributed by atoms with Crippen LogP contribution < -0.4 is 59.4 Å². The molecule has 0 atom stereocenters. The standard InChI is InChI=1S/C20H14F2N4O3.2C18H15P.C15H20BNO4.C11H6BrF2N3O.2ClH.Pd/c1-10-6-16-15(26(2)20(28)29-16)7-11(10)14-8-24-17(9-23-14)25-19(27)18-12(21)4-3-5-13(18)22;2*1-4-10-16(11-5-1)19(17-12-6-2-7-13-17)18-14-8-3-9-15-18;1-9-7-12-11(17(6)13(18)19-12)8-10(9)16-20-14(2,3)15(4,5)21-16;12-8-4-16-9(5-15-8)17-11(18)10-6(13)2-1-3-7(10)14;;;/h3-9H,1-2H3,(H,24,25,27);2*1-15H;7-8H,1-6H3;1-5H,(H,16,17,18);2*1H;/q;;;;;;;+2/p-2. The number of aryl methyl sites for hydroxylation is 4. The van der Waals surface area contributed by atoms with E-state index in [0.717, 1.165) is 51.9 Å². The van der Waals surface area contributed by atoms with Gasteiger partial charge in [-0.15, -0.1) is 0 Å². The molecule has 0 radical (unpaired) electrons. The van der Waals surface area contributed by atoms with E-state index in [2.05, 4.69) is 228 Å². The second-order valence-electron chi connectivity index (χ2n) is 25.1. The molecule has 0 spiro atoms. The van der Waals surface area contributed by atoms with Gasteiger partial charge in [-0.3, -0.25) is 23.7 Å². The summed E-state index contributed by atoms with van der Waals surface area (Å²) >= 11 is 2.97. The zero-order valence-electron chi connectivity index (χ0n) is 59.8. The van der Waals surface area contributed by atoms with Gasteiger partial charge < -0.3 is 28.8 Å². The van der Waals surface area contributed by atoms with Crippen LogP contribution in [0.1, 0.15) is 59.5 Å². The van der Waals surface area contributed by atoms with Crippen molar-refractivity contribution in [2.75, 3.05) is 10.6 Å². The van der Waals surface area contributed by atoms with Gasteiger partial charge >= 0.3 is 53.6 Å². The Balaban J connectivity index is 0.000000145. The summed E-state index contributed by atoms with van der Waals surface area (Å²) in [4.78, 5) is 63.1. The molecule has 15 rings (SSSR count). The van der Waals surface area contributed by atoms with Gasteiger partial charge in [0.1, 0.15) is 39.0 Å². The van der Waals surface area contributed by atoms with Crippen LogP contribution >= 0.6 is 50.8 Å². The van der Waals surface area contributed by atoms with E-state index in [1.165, 1.54) is 77.9 Å². The number of benzene rings is 10. The van der Waals surface area contributed by atoms with E-state index < -0.39 is 74.9 Å². The van der Waals surface area contributed by atoms with E-state index in [1.54, 1.807) is 26.2 Å². The molecule has 14 aromatic rings. The number of anilines is 2. The van der Waals surface area contributed by atoms with Crippen LogP contribution in [0.15, 0.2) is 290 Å². The van der Waals surface area contributed by atoms with E-state index in [0.29, 0.717) is 27.0 Å². The maximum Gasteiger partial charge on any atom is -0.0134 e. The first kappa shape index (κ1) is 81.6. The number of rotatable bonds is 12. The van der Waals surface area contributed by atoms with Crippen LogP contribution in [-0.4, -0.2) is 59.2 Å². The molecule has 1 saturated heterocycles. The Labute approximate surface area is 653 Å². The Morgan fingerprint density at radius 3 is 1.10 bits per heavy atom. The molecule has 2 N–H and O–H groups in total. The largest absolute Gasteiger partial charge is 0.0622 e. The topological polar surface area (TPSA) is 198 Å². The zero-order chi connectivity index (χ0) is 77.9. The van der Waals surface area contributed by atoms with Crippen LogP contribution in [0.25, 0.3) is 33.5 Å². The van der Waals surface area contributed by atoms with E-state index in [4.69, 9.17) is 37.2 Å². The molecule has 0 bridgehead atoms. The number of aromatic nitrogens is 6. The molecule has 2 amide bonds. The van der Waals surface area contributed by atoms with Crippen molar-refractivity contribution in [3.8, 4) is 11.3 Å². The summed E-state index contributed by atoms with van der Waals surface area (Å²) in [7, 11) is 11.6. The number of amides is 2. The monoisotopic (exact) mass is 1700 g/mol. The molecular weight excluding hydrogens is 1630 g/mol. The van der Waals surface area contributed by atoms with Gasteiger partial charge in [0.25, 0.3) is 11.8 Å². The molecular formula is C82H70BBrCl2F4N8O8P2Pd. The second kappa shape index (κ2) is 38.0. The van der Waals surface area contributed by atoms with Crippen LogP contribution in [0.3, 0.4) is 0 Å². The van der Waals surface area contributed by atoms with Gasteiger partial charge in [-0.1, -0.05) is 194 Å². The van der Waals surface area contributed by atoms with Gasteiger partial charge in [-0.25, -0.2) is 42.1 Å². The van der Waals surface area contributed by atoms with E-state index in [-0.39, 0.29) is 44.5 Å². The number of oxazole rings is 2. The maximum atomic E-state index is 13.7. The molecule has 1 fully saturated rings. The molecule has 27 heteroatoms. The molecule has 558 valence electrons. The minimum absolute atomic E-state index is 0.0378. The van der Waals surface area contributed by atoms with Gasteiger partial charge in [0.15, 0.2) is 22.8 Å². The molecule has 5 heterocycles. The number of hydrogen-bond donors (Lipinski definition) is 2. The fourth-order valence-corrected chi connectivity index (χ4v) is 15.9. The molecule has 1 aliphatic heterocycles. The molecule has 10 aromatic carbocycles. The smallest absolute Gasteiger partial charge is 0.0134 e. The summed E-state index contributed by atoms with van der Waals surface area (Å²) in [6.07, 6.45) is 5.32. The average molecular weight is 1700 g/mol. The van der Waals surface area contributed by atoms with Gasteiger partial charge in [-0.2, -0.15) is 0 Å². The Hall–Kier alpha value is -9.87. The van der Waals surface area contributed by atoms with Crippen LogP contribution in [-0.2, 0) is 39.3 Å². The summed E-state index contributed by atoms with van der Waals surface area (Å²) in [5, 5.41) is 13.0. The number of halogens is 7. The Bertz CT molecular complexity index is 5160. The number of hydrogen-bond acceptors (Lipinski definition) is 12. The predicted molar refractivity (Wildman–Crippen MR) is 429 cm³/mol. The van der Waals surface area contributed by atoms with Crippen molar-refractivity contribution in [1.82, 2.24) is 29.1 Å². The van der Waals surface area contributed by atoms with Crippen LogP contribution in [0, 0.1) is 37.1 Å². The normalized spacial score (nSPS) is 12.4. The third-order valence-electron chi connectivity index (χ3n) is 17.3. The summed E-state index contributed by atoms with van der Waals surface area (Å²) in [5.74, 6) is -6.38. The van der Waals surface area contributed by atoms with E-state index in [1.807, 2.05) is 53.7 Å². The first-order valence-electron chi connectivity index (χ1n) is 33.5. The SMILES string of the molecule is Cc1cc2oc(=O)n(C)c2cc1-c1cnc(NC(=O)c2c(F)cccc2F)cn1.Cc1cc2oc(=O)n(C)c2cc1B1OC(C)(C)C(C)(C)O1.O=C(Nc1cnc(Br)cn1)c1c(F)cccc1F.[Cl][Pd][Cl].c1ccc(P(c2ccccc2)c2ccccc2)cc1.c1ccc(P(c2ccccc2)c2ccccc2)cc1. The first-order valence-corrected chi connectivity index (χ1v) is 40.9. The first-order chi connectivity index (χ1) is 52.4. The second-order valence-corrected chi connectivity index (χ2v) is 32.7. The van der Waals surface area contributed by atoms with Crippen molar-refractivity contribution in [2.24, 2.45) is 14.1 Å². The van der Waals surface area contributed by atoms with Gasteiger partial charge in [-0.05, 0) is 170 Å². The minimum atomic E-state index is -0.971. The Morgan fingerprint density at radius 1 is 0.459 bits per heavy atom. The van der Waals surface area contributed by atoms with Crippen LogP contribution in [0.2, 0.25) is 0 Å². The number of fused-ring (bicyclic) bond motifs is 2. The zero-order valence-corrected chi connectivity index (χ0v) is 66.2. The van der Waals surface area contributed by atoms with Crippen molar-refractivity contribution < 1.29 is 61.2 Å². The van der Waals surface area contributed by atoms with Gasteiger partial charge in [0.05, 0.1) is 52.7 Å². The summed E-state index contributed by atoms with van der Waals surface area (Å²) in [5.41, 5.74) is 4.21. The predicted octanol–water partition coefficient (Wildman–Crippen LogP) is 16.2. The van der Waals surface area contributed by atoms with Gasteiger partial charge in [0.2, 0.25) is 0 Å². The summed E-state index contributed by atoms with van der Waals surface area (Å²) < 4.78 is 80.0. The quantitative estimate of drug-likeness (QED) is 0.0667. The minimum Gasteiger partial charge on any atom is -0.0622 e. The summed E-state index contributed by atoms with van der Waals surface area (Å²) in [6, 6.07) is 78.3.